The summed E-state index contributed by atoms with van der Waals surface area (Å²) >= 11 is 0. The highest BCUT2D eigenvalue weighted by Gasteiger charge is 2.49. The summed E-state index contributed by atoms with van der Waals surface area (Å²) in [5.41, 5.74) is 6.26. The van der Waals surface area contributed by atoms with Crippen LogP contribution in [0.25, 0.3) is 11.2 Å². The van der Waals surface area contributed by atoms with E-state index in [2.05, 4.69) is 54.1 Å². The highest BCUT2D eigenvalue weighted by atomic mass is 28.4. The van der Waals surface area contributed by atoms with E-state index in [-0.39, 0.29) is 40.6 Å². The van der Waals surface area contributed by atoms with Gasteiger partial charge in [0, 0.05) is 5.92 Å². The van der Waals surface area contributed by atoms with Crippen LogP contribution >= 0.6 is 0 Å². The number of ether oxygens (including phenoxy) is 1. The Morgan fingerprint density at radius 1 is 1.44 bits per heavy atom. The van der Waals surface area contributed by atoms with Gasteiger partial charge in [-0.15, -0.1) is 0 Å². The minimum Gasteiger partial charge on any atom is -0.408 e. The van der Waals surface area contributed by atoms with Crippen LogP contribution in [0.4, 0.5) is 5.95 Å². The van der Waals surface area contributed by atoms with Crippen molar-refractivity contribution in [3.05, 3.63) is 16.7 Å². The van der Waals surface area contributed by atoms with Crippen LogP contribution in [0, 0.1) is 5.92 Å². The highest BCUT2D eigenvalue weighted by molar-refractivity contribution is 6.74. The summed E-state index contributed by atoms with van der Waals surface area (Å²) < 4.78 is 14.2. The molecule has 1 saturated heterocycles. The third-order valence-corrected chi connectivity index (χ3v) is 10.8. The largest absolute Gasteiger partial charge is 0.408 e. The van der Waals surface area contributed by atoms with E-state index in [1.807, 2.05) is 0 Å². The Hall–Kier alpha value is -2.12. The monoisotopic (exact) mass is 466 g/mol. The molecule has 0 saturated carbocycles. The molecule has 4 atom stereocenters. The fourth-order valence-corrected chi connectivity index (χ4v) is 4.53. The lowest BCUT2D eigenvalue weighted by Gasteiger charge is -2.40. The zero-order valence-electron chi connectivity index (χ0n) is 19.7. The smallest absolute Gasteiger partial charge is 0.280 e. The number of fused-ring (bicyclic) bond motifs is 1. The Balaban J connectivity index is 2.05. The molecule has 32 heavy (non-hydrogen) atoms. The standard InChI is InChI=1S/C20H34N6O5Si/c1-10(2)16(28)24-19-23-15-13(17(29)25-19)22-9-26(15)18-14(12(21)11(8-27)30-18)31-32(6,7)20(3,4)5/h9-12,14,18,27H,8,21H2,1-7H3,(H2,23,24,25,28,29)/t11-,12?,14?,18-/m1/s1. The van der Waals surface area contributed by atoms with Crippen LogP contribution < -0.4 is 16.6 Å². The molecule has 1 fully saturated rings. The Morgan fingerprint density at radius 2 is 2.09 bits per heavy atom. The van der Waals surface area contributed by atoms with Gasteiger partial charge in [0.1, 0.15) is 12.2 Å². The number of hydrogen-bond acceptors (Lipinski definition) is 8. The fraction of sp³-hybridized carbons (Fsp3) is 0.700. The summed E-state index contributed by atoms with van der Waals surface area (Å²) in [5, 5.41) is 12.3. The van der Waals surface area contributed by atoms with Gasteiger partial charge in [-0.05, 0) is 18.1 Å². The van der Waals surface area contributed by atoms with Crippen molar-refractivity contribution in [3.63, 3.8) is 0 Å². The van der Waals surface area contributed by atoms with E-state index in [9.17, 15) is 14.7 Å². The molecule has 0 spiro atoms. The molecular formula is C20H34N6O5Si. The molecular weight excluding hydrogens is 432 g/mol. The molecule has 0 aliphatic carbocycles. The number of aliphatic hydroxyl groups excluding tert-OH is 1. The van der Waals surface area contributed by atoms with Crippen LogP contribution in [0.5, 0.6) is 0 Å². The summed E-state index contributed by atoms with van der Waals surface area (Å²) in [6.45, 7) is 13.8. The maximum absolute atomic E-state index is 12.6. The van der Waals surface area contributed by atoms with Gasteiger partial charge >= 0.3 is 0 Å². The molecule has 0 radical (unpaired) electrons. The summed E-state index contributed by atoms with van der Waals surface area (Å²) in [7, 11) is -2.25. The minimum absolute atomic E-state index is 0.0193. The normalized spacial score (nSPS) is 24.4. The number of aliphatic hydroxyl groups is 1. The molecule has 11 nitrogen and oxygen atoms in total. The number of hydrogen-bond donors (Lipinski definition) is 4. The van der Waals surface area contributed by atoms with Crippen LogP contribution in [0.3, 0.4) is 0 Å². The molecule has 0 bridgehead atoms. The van der Waals surface area contributed by atoms with Crippen molar-refractivity contribution in [2.24, 2.45) is 11.7 Å². The number of nitrogens with zero attached hydrogens (tertiary/aromatic N) is 3. The molecule has 3 heterocycles. The van der Waals surface area contributed by atoms with Crippen LogP contribution in [0.2, 0.25) is 18.1 Å². The molecule has 3 rings (SSSR count). The first-order valence-corrected chi connectivity index (χ1v) is 13.6. The van der Waals surface area contributed by atoms with Crippen LogP contribution in [0.1, 0.15) is 40.8 Å². The molecule has 1 aliphatic rings. The fourth-order valence-electron chi connectivity index (χ4n) is 3.22. The van der Waals surface area contributed by atoms with Gasteiger partial charge in [-0.25, -0.2) is 4.98 Å². The predicted molar refractivity (Wildman–Crippen MR) is 123 cm³/mol. The van der Waals surface area contributed by atoms with Crippen LogP contribution in [-0.4, -0.2) is 63.7 Å². The second-order valence-electron chi connectivity index (χ2n) is 10.1. The lowest BCUT2D eigenvalue weighted by Crippen LogP contribution is -2.51. The average molecular weight is 467 g/mol. The number of H-pyrrole nitrogens is 1. The Labute approximate surface area is 187 Å². The number of aromatic amines is 1. The van der Waals surface area contributed by atoms with Gasteiger partial charge in [0.2, 0.25) is 11.9 Å². The zero-order valence-corrected chi connectivity index (χ0v) is 20.7. The second kappa shape index (κ2) is 8.67. The Bertz CT molecular complexity index is 1040. The summed E-state index contributed by atoms with van der Waals surface area (Å²) in [5.74, 6) is -0.548. The number of carbonyl (C=O) groups excluding carboxylic acids is 1. The maximum atomic E-state index is 12.6. The van der Waals surface area contributed by atoms with Crippen molar-refractivity contribution in [2.75, 3.05) is 11.9 Å². The Morgan fingerprint density at radius 3 is 2.66 bits per heavy atom. The van der Waals surface area contributed by atoms with Gasteiger partial charge in [-0.2, -0.15) is 4.98 Å². The van der Waals surface area contributed by atoms with Gasteiger partial charge in [0.15, 0.2) is 25.7 Å². The molecule has 0 aromatic carbocycles. The third-order valence-electron chi connectivity index (χ3n) is 6.29. The number of anilines is 1. The van der Waals surface area contributed by atoms with E-state index in [4.69, 9.17) is 14.9 Å². The first-order valence-electron chi connectivity index (χ1n) is 10.7. The molecule has 2 aromatic heterocycles. The molecule has 12 heteroatoms. The number of imidazole rings is 1. The zero-order chi connectivity index (χ0) is 24.0. The number of carbonyl (C=O) groups is 1. The number of rotatable bonds is 6. The summed E-state index contributed by atoms with van der Waals surface area (Å²) in [6.07, 6.45) is -0.529. The molecule has 5 N–H and O–H groups in total. The van der Waals surface area contributed by atoms with E-state index in [0.29, 0.717) is 0 Å². The molecule has 2 aromatic rings. The van der Waals surface area contributed by atoms with E-state index in [1.54, 1.807) is 18.4 Å². The predicted octanol–water partition coefficient (Wildman–Crippen LogP) is 1.32. The van der Waals surface area contributed by atoms with Gasteiger partial charge in [0.05, 0.1) is 19.0 Å². The Kier molecular flexibility index (Phi) is 6.64. The quantitative estimate of drug-likeness (QED) is 0.464. The average Bonchev–Trinajstić information content (AvgIpc) is 3.22. The number of aromatic nitrogens is 4. The lowest BCUT2D eigenvalue weighted by molar-refractivity contribution is -0.118. The third kappa shape index (κ3) is 4.50. The van der Waals surface area contributed by atoms with Crippen molar-refractivity contribution in [3.8, 4) is 0 Å². The minimum atomic E-state index is -2.25. The van der Waals surface area contributed by atoms with Crippen molar-refractivity contribution in [1.29, 1.82) is 0 Å². The highest BCUT2D eigenvalue weighted by Crippen LogP contribution is 2.41. The first-order chi connectivity index (χ1) is 14.8. The molecule has 2 unspecified atom stereocenters. The number of nitrogens with two attached hydrogens (primary N) is 1. The van der Waals surface area contributed by atoms with Crippen molar-refractivity contribution < 1.29 is 19.1 Å². The van der Waals surface area contributed by atoms with Crippen molar-refractivity contribution in [1.82, 2.24) is 19.5 Å². The van der Waals surface area contributed by atoms with Gasteiger partial charge < -0.3 is 20.0 Å². The molecule has 178 valence electrons. The van der Waals surface area contributed by atoms with E-state index in [1.165, 1.54) is 6.33 Å². The number of nitrogens with one attached hydrogen (secondary N) is 2. The summed E-state index contributed by atoms with van der Waals surface area (Å²) in [6, 6.07) is -0.585. The molecule has 1 amide bonds. The SMILES string of the molecule is CC(C)C(=O)Nc1nc2c(ncn2[C@@H]2O[C@H](CO)C(N)C2O[Si](C)(C)C(C)(C)C)c(=O)[nH]1. The van der Waals surface area contributed by atoms with Gasteiger partial charge in [0.25, 0.3) is 5.56 Å². The number of amides is 1. The van der Waals surface area contributed by atoms with Crippen molar-refractivity contribution >= 4 is 31.3 Å². The summed E-state index contributed by atoms with van der Waals surface area (Å²) in [4.78, 5) is 35.8. The van der Waals surface area contributed by atoms with Gasteiger partial charge in [-0.1, -0.05) is 34.6 Å². The second-order valence-corrected chi connectivity index (χ2v) is 14.8. The maximum Gasteiger partial charge on any atom is 0.280 e. The van der Waals surface area contributed by atoms with Crippen molar-refractivity contribution in [2.45, 2.75) is 77.2 Å². The lowest BCUT2D eigenvalue weighted by atomic mass is 10.1. The first kappa shape index (κ1) is 24.5. The van der Waals surface area contributed by atoms with E-state index >= 15 is 0 Å². The van der Waals surface area contributed by atoms with E-state index < -0.39 is 38.4 Å². The van der Waals surface area contributed by atoms with Gasteiger partial charge in [-0.3, -0.25) is 24.5 Å². The van der Waals surface area contributed by atoms with E-state index in [0.717, 1.165) is 0 Å². The van der Waals surface area contributed by atoms with Crippen LogP contribution in [0.15, 0.2) is 11.1 Å². The molecule has 1 aliphatic heterocycles. The topological polar surface area (TPSA) is 157 Å². The van der Waals surface area contributed by atoms with Crippen LogP contribution in [-0.2, 0) is 14.0 Å².